The van der Waals surface area contributed by atoms with Crippen LogP contribution in [0.1, 0.15) is 35.5 Å². The van der Waals surface area contributed by atoms with Gasteiger partial charge in [-0.15, -0.1) is 0 Å². The van der Waals surface area contributed by atoms with Crippen LogP contribution < -0.4 is 10.9 Å². The third kappa shape index (κ3) is 4.54. The van der Waals surface area contributed by atoms with Crippen LogP contribution in [0.5, 0.6) is 0 Å². The van der Waals surface area contributed by atoms with Crippen molar-refractivity contribution in [3.05, 3.63) is 57.3 Å². The second-order valence-electron chi connectivity index (χ2n) is 6.62. The number of nitrogens with one attached hydrogen (secondary N) is 2. The molecule has 0 saturated carbocycles. The maximum Gasteiger partial charge on any atom is 0.254 e. The number of aromatic amines is 1. The summed E-state index contributed by atoms with van der Waals surface area (Å²) in [6, 6.07) is 7.90. The molecule has 25 heavy (non-hydrogen) atoms. The van der Waals surface area contributed by atoms with Gasteiger partial charge in [0.25, 0.3) is 5.56 Å². The van der Waals surface area contributed by atoms with E-state index in [9.17, 15) is 9.59 Å². The van der Waals surface area contributed by atoms with Gasteiger partial charge in [0.05, 0.1) is 6.42 Å². The number of hydrogen-bond donors (Lipinski definition) is 2. The zero-order valence-corrected chi connectivity index (χ0v) is 14.8. The minimum Gasteiger partial charge on any atom is -0.326 e. The quantitative estimate of drug-likeness (QED) is 0.874. The number of amides is 1. The van der Waals surface area contributed by atoms with Crippen LogP contribution in [0.3, 0.4) is 0 Å². The van der Waals surface area contributed by atoms with Gasteiger partial charge in [-0.3, -0.25) is 14.5 Å². The third-order valence-electron chi connectivity index (χ3n) is 4.49. The first-order valence-corrected chi connectivity index (χ1v) is 8.69. The topological polar surface area (TPSA) is 78.1 Å². The summed E-state index contributed by atoms with van der Waals surface area (Å²) in [4.78, 5) is 33.6. The van der Waals surface area contributed by atoms with Crippen molar-refractivity contribution < 1.29 is 4.79 Å². The fourth-order valence-corrected chi connectivity index (χ4v) is 3.27. The Morgan fingerprint density at radius 3 is 2.76 bits per heavy atom. The molecular weight excluding hydrogens is 316 g/mol. The van der Waals surface area contributed by atoms with Gasteiger partial charge in [0, 0.05) is 23.5 Å². The Hall–Kier alpha value is -2.47. The largest absolute Gasteiger partial charge is 0.326 e. The summed E-state index contributed by atoms with van der Waals surface area (Å²) >= 11 is 0. The highest BCUT2D eigenvalue weighted by Crippen LogP contribution is 2.16. The summed E-state index contributed by atoms with van der Waals surface area (Å²) in [5.41, 5.74) is 2.71. The Balaban J connectivity index is 1.66. The van der Waals surface area contributed by atoms with E-state index in [-0.39, 0.29) is 17.9 Å². The molecule has 0 radical (unpaired) electrons. The van der Waals surface area contributed by atoms with Gasteiger partial charge in [-0.1, -0.05) is 12.1 Å². The summed E-state index contributed by atoms with van der Waals surface area (Å²) in [5, 5.41) is 2.89. The number of carbonyl (C=O) groups is 1. The molecule has 1 aromatic carbocycles. The SMILES string of the molecule is Cc1nc(C)c(CC(=O)Nc2cccc(CN3CCCC3)c2)c(=O)[nH]1. The Kier molecular flexibility index (Phi) is 5.28. The number of aryl methyl sites for hydroxylation is 2. The van der Waals surface area contributed by atoms with Gasteiger partial charge in [0.15, 0.2) is 0 Å². The molecule has 3 rings (SSSR count). The number of benzene rings is 1. The zero-order valence-electron chi connectivity index (χ0n) is 14.8. The maximum absolute atomic E-state index is 12.3. The highest BCUT2D eigenvalue weighted by atomic mass is 16.2. The molecule has 0 unspecified atom stereocenters. The van der Waals surface area contributed by atoms with Crippen LogP contribution in [0.25, 0.3) is 0 Å². The fourth-order valence-electron chi connectivity index (χ4n) is 3.27. The van der Waals surface area contributed by atoms with Crippen molar-refractivity contribution in [2.75, 3.05) is 18.4 Å². The van der Waals surface area contributed by atoms with Crippen molar-refractivity contribution in [2.45, 2.75) is 39.7 Å². The van der Waals surface area contributed by atoms with E-state index in [0.717, 1.165) is 25.3 Å². The minimum atomic E-state index is -0.247. The molecule has 2 heterocycles. The summed E-state index contributed by atoms with van der Waals surface area (Å²) in [6.07, 6.45) is 2.54. The van der Waals surface area contributed by atoms with Crippen molar-refractivity contribution in [2.24, 2.45) is 0 Å². The van der Waals surface area contributed by atoms with Gasteiger partial charge in [-0.2, -0.15) is 0 Å². The van der Waals surface area contributed by atoms with Crippen LogP contribution in [-0.2, 0) is 17.8 Å². The molecule has 1 aromatic heterocycles. The van der Waals surface area contributed by atoms with Crippen molar-refractivity contribution in [3.8, 4) is 0 Å². The second kappa shape index (κ2) is 7.61. The first kappa shape index (κ1) is 17.4. The van der Waals surface area contributed by atoms with E-state index in [2.05, 4.69) is 26.3 Å². The monoisotopic (exact) mass is 340 g/mol. The van der Waals surface area contributed by atoms with Crippen LogP contribution in [-0.4, -0.2) is 33.9 Å². The van der Waals surface area contributed by atoms with Crippen molar-refractivity contribution >= 4 is 11.6 Å². The van der Waals surface area contributed by atoms with Gasteiger partial charge in [-0.05, 0) is 57.5 Å². The lowest BCUT2D eigenvalue weighted by Crippen LogP contribution is -2.24. The van der Waals surface area contributed by atoms with Crippen molar-refractivity contribution in [3.63, 3.8) is 0 Å². The summed E-state index contributed by atoms with van der Waals surface area (Å²) in [6.45, 7) is 6.66. The number of rotatable bonds is 5. The first-order valence-electron chi connectivity index (χ1n) is 8.69. The molecule has 1 saturated heterocycles. The zero-order chi connectivity index (χ0) is 17.8. The molecule has 2 aromatic rings. The summed E-state index contributed by atoms with van der Waals surface area (Å²) < 4.78 is 0. The van der Waals surface area contributed by atoms with E-state index < -0.39 is 0 Å². The predicted molar refractivity (Wildman–Crippen MR) is 97.6 cm³/mol. The predicted octanol–water partition coefficient (Wildman–Crippen LogP) is 2.16. The molecule has 1 aliphatic heterocycles. The van der Waals surface area contributed by atoms with Crippen LogP contribution >= 0.6 is 0 Å². The molecular formula is C19H24N4O2. The molecule has 1 fully saturated rings. The number of aromatic nitrogens is 2. The highest BCUT2D eigenvalue weighted by molar-refractivity contribution is 5.92. The Labute approximate surface area is 147 Å². The van der Waals surface area contributed by atoms with Crippen LogP contribution in [0, 0.1) is 13.8 Å². The van der Waals surface area contributed by atoms with Crippen LogP contribution in [0.4, 0.5) is 5.69 Å². The van der Waals surface area contributed by atoms with Gasteiger partial charge in [0.2, 0.25) is 5.91 Å². The average Bonchev–Trinajstić information content (AvgIpc) is 3.04. The fraction of sp³-hybridized carbons (Fsp3) is 0.421. The standard InChI is InChI=1S/C19H24N4O2/c1-13-17(19(25)21-14(2)20-13)11-18(24)22-16-7-5-6-15(10-16)12-23-8-3-4-9-23/h5-7,10H,3-4,8-9,11-12H2,1-2H3,(H,22,24)(H,20,21,25). The molecule has 0 atom stereocenters. The maximum atomic E-state index is 12.3. The molecule has 0 aliphatic carbocycles. The van der Waals surface area contributed by atoms with E-state index in [4.69, 9.17) is 0 Å². The molecule has 6 heteroatoms. The van der Waals surface area contributed by atoms with Gasteiger partial charge >= 0.3 is 0 Å². The molecule has 132 valence electrons. The van der Waals surface area contributed by atoms with E-state index in [1.54, 1.807) is 13.8 Å². The highest BCUT2D eigenvalue weighted by Gasteiger charge is 2.14. The minimum absolute atomic E-state index is 0.0187. The van der Waals surface area contributed by atoms with E-state index in [1.807, 2.05) is 18.2 Å². The molecule has 1 aliphatic rings. The molecule has 0 bridgehead atoms. The summed E-state index contributed by atoms with van der Waals surface area (Å²) in [5.74, 6) is 0.346. The van der Waals surface area contributed by atoms with Crippen LogP contribution in [0.15, 0.2) is 29.1 Å². The Morgan fingerprint density at radius 1 is 1.28 bits per heavy atom. The van der Waals surface area contributed by atoms with Gasteiger partial charge in [-0.25, -0.2) is 4.98 Å². The number of nitrogens with zero attached hydrogens (tertiary/aromatic N) is 2. The van der Waals surface area contributed by atoms with E-state index in [1.165, 1.54) is 18.4 Å². The number of carbonyl (C=O) groups excluding carboxylic acids is 1. The van der Waals surface area contributed by atoms with Crippen molar-refractivity contribution in [1.29, 1.82) is 0 Å². The lowest BCUT2D eigenvalue weighted by molar-refractivity contribution is -0.115. The van der Waals surface area contributed by atoms with Gasteiger partial charge < -0.3 is 10.3 Å². The smallest absolute Gasteiger partial charge is 0.254 e. The van der Waals surface area contributed by atoms with Crippen LogP contribution in [0.2, 0.25) is 0 Å². The Bertz CT molecular complexity index is 822. The molecule has 0 spiro atoms. The molecule has 2 N–H and O–H groups in total. The number of anilines is 1. The van der Waals surface area contributed by atoms with Crippen molar-refractivity contribution in [1.82, 2.24) is 14.9 Å². The third-order valence-corrected chi connectivity index (χ3v) is 4.49. The lowest BCUT2D eigenvalue weighted by Gasteiger charge is -2.15. The van der Waals surface area contributed by atoms with Gasteiger partial charge in [0.1, 0.15) is 5.82 Å². The van der Waals surface area contributed by atoms with E-state index in [0.29, 0.717) is 17.1 Å². The number of hydrogen-bond acceptors (Lipinski definition) is 4. The normalized spacial score (nSPS) is 14.6. The Morgan fingerprint density at radius 2 is 2.04 bits per heavy atom. The molecule has 1 amide bonds. The number of H-pyrrole nitrogens is 1. The summed E-state index contributed by atoms with van der Waals surface area (Å²) in [7, 11) is 0. The molecule has 6 nitrogen and oxygen atoms in total. The lowest BCUT2D eigenvalue weighted by atomic mass is 10.1. The average molecular weight is 340 g/mol. The second-order valence-corrected chi connectivity index (χ2v) is 6.62. The van der Waals surface area contributed by atoms with E-state index >= 15 is 0 Å². The first-order chi connectivity index (χ1) is 12.0. The number of likely N-dealkylation sites (tertiary alicyclic amines) is 1.